The lowest BCUT2D eigenvalue weighted by atomic mass is 10.3. The van der Waals surface area contributed by atoms with Crippen LogP contribution in [0.3, 0.4) is 0 Å². The van der Waals surface area contributed by atoms with Crippen molar-refractivity contribution < 1.29 is 24.2 Å². The molecule has 1 atom stereocenters. The van der Waals surface area contributed by atoms with Gasteiger partial charge in [0, 0.05) is 18.9 Å². The molecule has 0 fully saturated rings. The molecule has 0 spiro atoms. The van der Waals surface area contributed by atoms with Crippen LogP contribution in [0.25, 0.3) is 0 Å². The summed E-state index contributed by atoms with van der Waals surface area (Å²) < 4.78 is 10.6. The van der Waals surface area contributed by atoms with Crippen LogP contribution < -0.4 is 15.4 Å². The van der Waals surface area contributed by atoms with Crippen molar-refractivity contribution in [3.05, 3.63) is 22.7 Å². The molecule has 110 valence electrons. The number of carboxylic acid groups (broad SMARTS) is 1. The van der Waals surface area contributed by atoms with Gasteiger partial charge in [0.15, 0.2) is 6.04 Å². The first-order chi connectivity index (χ1) is 9.47. The molecule has 0 heterocycles. The van der Waals surface area contributed by atoms with Crippen LogP contribution in [-0.2, 0) is 9.53 Å². The highest BCUT2D eigenvalue weighted by Gasteiger charge is 2.19. The maximum atomic E-state index is 11.7. The van der Waals surface area contributed by atoms with Crippen LogP contribution >= 0.6 is 15.9 Å². The standard InChI is InChI=1S/C12H15BrN2O5/c1-19-6-9(11(16)17)15-12(18)14-7-3-4-8(13)10(5-7)20-2/h3-5,9H,6H2,1-2H3,(H,16,17)(H2,14,15,18). The normalized spacial score (nSPS) is 11.6. The number of carbonyl (C=O) groups excluding carboxylic acids is 1. The van der Waals surface area contributed by atoms with Crippen LogP contribution in [0, 0.1) is 0 Å². The Kier molecular flexibility index (Phi) is 6.26. The zero-order valence-corrected chi connectivity index (χ0v) is 12.6. The topological polar surface area (TPSA) is 96.9 Å². The van der Waals surface area contributed by atoms with E-state index in [9.17, 15) is 9.59 Å². The Balaban J connectivity index is 2.68. The number of rotatable bonds is 6. The summed E-state index contributed by atoms with van der Waals surface area (Å²) in [5.74, 6) is -0.620. The van der Waals surface area contributed by atoms with Crippen molar-refractivity contribution >= 4 is 33.6 Å². The number of nitrogens with one attached hydrogen (secondary N) is 2. The molecule has 0 aromatic heterocycles. The molecule has 8 heteroatoms. The van der Waals surface area contributed by atoms with Crippen LogP contribution in [0.1, 0.15) is 0 Å². The lowest BCUT2D eigenvalue weighted by Gasteiger charge is -2.14. The predicted molar refractivity (Wildman–Crippen MR) is 76.1 cm³/mol. The van der Waals surface area contributed by atoms with E-state index in [-0.39, 0.29) is 6.61 Å². The van der Waals surface area contributed by atoms with Crippen LogP contribution in [0.2, 0.25) is 0 Å². The van der Waals surface area contributed by atoms with Gasteiger partial charge in [0.25, 0.3) is 0 Å². The molecule has 0 aliphatic heterocycles. The number of halogens is 1. The van der Waals surface area contributed by atoms with E-state index in [0.29, 0.717) is 11.4 Å². The van der Waals surface area contributed by atoms with E-state index in [1.807, 2.05) is 0 Å². The van der Waals surface area contributed by atoms with Gasteiger partial charge in [0.05, 0.1) is 18.2 Å². The fraction of sp³-hybridized carbons (Fsp3) is 0.333. The SMILES string of the molecule is COCC(NC(=O)Nc1ccc(Br)c(OC)c1)C(=O)O. The third-order valence-corrected chi connectivity index (χ3v) is 3.00. The van der Waals surface area contributed by atoms with Crippen molar-refractivity contribution in [2.24, 2.45) is 0 Å². The minimum Gasteiger partial charge on any atom is -0.495 e. The summed E-state index contributed by atoms with van der Waals surface area (Å²) in [5.41, 5.74) is 0.476. The molecule has 1 unspecified atom stereocenters. The first-order valence-corrected chi connectivity index (χ1v) is 6.40. The highest BCUT2D eigenvalue weighted by molar-refractivity contribution is 9.10. The summed E-state index contributed by atoms with van der Waals surface area (Å²) in [7, 11) is 2.86. The van der Waals surface area contributed by atoms with Gasteiger partial charge in [0.1, 0.15) is 5.75 Å². The minimum atomic E-state index is -1.17. The number of hydrogen-bond acceptors (Lipinski definition) is 4. The number of amides is 2. The second-order valence-corrected chi connectivity index (χ2v) is 4.65. The Morgan fingerprint density at radius 3 is 2.65 bits per heavy atom. The monoisotopic (exact) mass is 346 g/mol. The molecule has 1 rings (SSSR count). The number of ether oxygens (including phenoxy) is 2. The van der Waals surface area contributed by atoms with Gasteiger partial charge in [-0.15, -0.1) is 0 Å². The molecular formula is C12H15BrN2O5. The fourth-order valence-corrected chi connectivity index (χ4v) is 1.81. The zero-order chi connectivity index (χ0) is 15.1. The van der Waals surface area contributed by atoms with E-state index in [4.69, 9.17) is 14.6 Å². The molecule has 2 amide bonds. The minimum absolute atomic E-state index is 0.119. The lowest BCUT2D eigenvalue weighted by Crippen LogP contribution is -2.45. The number of anilines is 1. The predicted octanol–water partition coefficient (Wildman–Crippen LogP) is 1.68. The Hall–Kier alpha value is -1.80. The van der Waals surface area contributed by atoms with Gasteiger partial charge in [0.2, 0.25) is 0 Å². The number of carbonyl (C=O) groups is 2. The Morgan fingerprint density at radius 1 is 1.40 bits per heavy atom. The third kappa shape index (κ3) is 4.71. The zero-order valence-electron chi connectivity index (χ0n) is 11.0. The van der Waals surface area contributed by atoms with Crippen LogP contribution in [0.5, 0.6) is 5.75 Å². The molecule has 0 aliphatic rings. The molecule has 3 N–H and O–H groups in total. The van der Waals surface area contributed by atoms with Gasteiger partial charge in [-0.1, -0.05) is 0 Å². The quantitative estimate of drug-likeness (QED) is 0.728. The molecule has 0 saturated carbocycles. The van der Waals surface area contributed by atoms with Gasteiger partial charge in [-0.05, 0) is 28.1 Å². The van der Waals surface area contributed by atoms with E-state index in [2.05, 4.69) is 26.6 Å². The summed E-state index contributed by atoms with van der Waals surface area (Å²) in [5, 5.41) is 13.7. The molecular weight excluding hydrogens is 332 g/mol. The van der Waals surface area contributed by atoms with Gasteiger partial charge in [-0.2, -0.15) is 0 Å². The van der Waals surface area contributed by atoms with E-state index >= 15 is 0 Å². The molecule has 1 aromatic carbocycles. The van der Waals surface area contributed by atoms with E-state index in [1.165, 1.54) is 14.2 Å². The van der Waals surface area contributed by atoms with Crippen LogP contribution in [-0.4, -0.2) is 44.0 Å². The van der Waals surface area contributed by atoms with Crippen molar-refractivity contribution in [1.29, 1.82) is 0 Å². The first-order valence-electron chi connectivity index (χ1n) is 5.60. The highest BCUT2D eigenvalue weighted by atomic mass is 79.9. The Morgan fingerprint density at radius 2 is 2.10 bits per heavy atom. The van der Waals surface area contributed by atoms with E-state index in [0.717, 1.165) is 4.47 Å². The molecule has 7 nitrogen and oxygen atoms in total. The van der Waals surface area contributed by atoms with Crippen molar-refractivity contribution in [3.8, 4) is 5.75 Å². The van der Waals surface area contributed by atoms with Crippen molar-refractivity contribution in [3.63, 3.8) is 0 Å². The Bertz CT molecular complexity index is 495. The van der Waals surface area contributed by atoms with E-state index in [1.54, 1.807) is 18.2 Å². The average molecular weight is 347 g/mol. The van der Waals surface area contributed by atoms with Gasteiger partial charge >= 0.3 is 12.0 Å². The summed E-state index contributed by atoms with van der Waals surface area (Å²) in [4.78, 5) is 22.6. The highest BCUT2D eigenvalue weighted by Crippen LogP contribution is 2.27. The smallest absolute Gasteiger partial charge is 0.328 e. The number of hydrogen-bond donors (Lipinski definition) is 3. The maximum Gasteiger partial charge on any atom is 0.328 e. The number of carboxylic acids is 1. The number of aliphatic carboxylic acids is 1. The second kappa shape index (κ2) is 7.71. The number of benzene rings is 1. The molecule has 0 saturated heterocycles. The molecule has 0 radical (unpaired) electrons. The average Bonchev–Trinajstić information content (AvgIpc) is 2.40. The van der Waals surface area contributed by atoms with Crippen molar-refractivity contribution in [2.75, 3.05) is 26.1 Å². The van der Waals surface area contributed by atoms with Crippen LogP contribution in [0.4, 0.5) is 10.5 Å². The molecule has 20 heavy (non-hydrogen) atoms. The largest absolute Gasteiger partial charge is 0.495 e. The van der Waals surface area contributed by atoms with Gasteiger partial charge in [-0.25, -0.2) is 9.59 Å². The lowest BCUT2D eigenvalue weighted by molar-refractivity contribution is -0.140. The molecule has 0 bridgehead atoms. The van der Waals surface area contributed by atoms with Crippen molar-refractivity contribution in [2.45, 2.75) is 6.04 Å². The molecule has 1 aromatic rings. The maximum absolute atomic E-state index is 11.7. The van der Waals surface area contributed by atoms with E-state index < -0.39 is 18.0 Å². The number of urea groups is 1. The summed E-state index contributed by atoms with van der Waals surface area (Å²) in [6.07, 6.45) is 0. The van der Waals surface area contributed by atoms with Gasteiger partial charge in [-0.3, -0.25) is 0 Å². The Labute approximate surface area is 124 Å². The number of methoxy groups -OCH3 is 2. The second-order valence-electron chi connectivity index (χ2n) is 3.79. The first kappa shape index (κ1) is 16.3. The summed E-state index contributed by atoms with van der Waals surface area (Å²) in [6.45, 7) is -0.119. The fourth-order valence-electron chi connectivity index (χ4n) is 1.40. The van der Waals surface area contributed by atoms with Crippen LogP contribution in [0.15, 0.2) is 22.7 Å². The molecule has 0 aliphatic carbocycles. The summed E-state index contributed by atoms with van der Waals surface area (Å²) >= 11 is 3.29. The third-order valence-electron chi connectivity index (χ3n) is 2.35. The van der Waals surface area contributed by atoms with Gasteiger partial charge < -0.3 is 25.2 Å². The van der Waals surface area contributed by atoms with Crippen molar-refractivity contribution in [1.82, 2.24) is 5.32 Å². The summed E-state index contributed by atoms with van der Waals surface area (Å²) in [6, 6.07) is 3.21.